The highest BCUT2D eigenvalue weighted by atomic mass is 16.5. The van der Waals surface area contributed by atoms with Gasteiger partial charge in [-0.05, 0) is 20.9 Å². The van der Waals surface area contributed by atoms with Crippen molar-refractivity contribution >= 4 is 16.8 Å². The van der Waals surface area contributed by atoms with E-state index in [1.165, 1.54) is 7.05 Å². The normalized spacial score (nSPS) is 19.8. The number of likely N-dealkylation sites (N-methyl/N-ethyl adjacent to an activating group) is 1. The lowest BCUT2D eigenvalue weighted by atomic mass is 10.1. The van der Waals surface area contributed by atoms with E-state index >= 15 is 0 Å². The Labute approximate surface area is 127 Å². The quantitative estimate of drug-likeness (QED) is 0.737. The maximum atomic E-state index is 12.9. The molecule has 2 aromatic heterocycles. The van der Waals surface area contributed by atoms with E-state index in [2.05, 4.69) is 15.2 Å². The second kappa shape index (κ2) is 5.20. The van der Waals surface area contributed by atoms with E-state index in [0.29, 0.717) is 17.7 Å². The maximum Gasteiger partial charge on any atom is 0.296 e. The van der Waals surface area contributed by atoms with Crippen LogP contribution in [0.5, 0.6) is 0 Å². The summed E-state index contributed by atoms with van der Waals surface area (Å²) in [6.45, 7) is 5.94. The molecule has 0 aromatic carbocycles. The number of piperazine rings is 1. The van der Waals surface area contributed by atoms with Gasteiger partial charge in [-0.25, -0.2) is 4.68 Å². The topological polar surface area (TPSA) is 84.5 Å². The average molecular weight is 305 g/mol. The fraction of sp³-hybridized carbons (Fsp3) is 0.571. The third kappa shape index (κ3) is 2.19. The summed E-state index contributed by atoms with van der Waals surface area (Å²) in [5, 5.41) is 8.35. The number of fused-ring (bicyclic) bond motifs is 1. The van der Waals surface area contributed by atoms with Gasteiger partial charge in [-0.2, -0.15) is 5.10 Å². The highest BCUT2D eigenvalue weighted by Gasteiger charge is 2.30. The van der Waals surface area contributed by atoms with Crippen molar-refractivity contribution < 1.29 is 9.32 Å². The zero-order chi connectivity index (χ0) is 16.0. The third-order valence-corrected chi connectivity index (χ3v) is 4.14. The lowest BCUT2D eigenvalue weighted by Crippen LogP contribution is -2.53. The van der Waals surface area contributed by atoms with Crippen LogP contribution in [-0.4, -0.2) is 63.4 Å². The molecule has 1 saturated heterocycles. The Kier molecular flexibility index (Phi) is 3.48. The minimum Gasteiger partial charge on any atom is -0.360 e. The minimum absolute atomic E-state index is 0.0838. The zero-order valence-corrected chi connectivity index (χ0v) is 13.2. The van der Waals surface area contributed by atoms with Crippen LogP contribution in [0.3, 0.4) is 0 Å². The fourth-order valence-electron chi connectivity index (χ4n) is 2.92. The molecule has 1 amide bonds. The van der Waals surface area contributed by atoms with Crippen molar-refractivity contribution in [1.29, 1.82) is 0 Å². The Hall–Kier alpha value is -2.22. The Bertz CT molecular complexity index is 794. The van der Waals surface area contributed by atoms with E-state index in [-0.39, 0.29) is 28.7 Å². The molecule has 1 aliphatic heterocycles. The fourth-order valence-corrected chi connectivity index (χ4v) is 2.92. The molecule has 2 aromatic rings. The molecule has 3 heterocycles. The highest BCUT2D eigenvalue weighted by Crippen LogP contribution is 2.20. The van der Waals surface area contributed by atoms with Crippen molar-refractivity contribution in [1.82, 2.24) is 24.7 Å². The van der Waals surface area contributed by atoms with Crippen LogP contribution in [0.15, 0.2) is 9.32 Å². The first-order valence-electron chi connectivity index (χ1n) is 7.23. The molecule has 0 aliphatic carbocycles. The number of rotatable bonds is 1. The largest absolute Gasteiger partial charge is 0.360 e. The second-order valence-electron chi connectivity index (χ2n) is 5.85. The van der Waals surface area contributed by atoms with E-state index in [4.69, 9.17) is 4.52 Å². The van der Waals surface area contributed by atoms with Gasteiger partial charge in [0.15, 0.2) is 11.2 Å². The number of hydrogen-bond acceptors (Lipinski definition) is 6. The van der Waals surface area contributed by atoms with Crippen molar-refractivity contribution in [2.75, 3.05) is 26.7 Å². The summed E-state index contributed by atoms with van der Waals surface area (Å²) in [5.74, 6) is 0.248. The van der Waals surface area contributed by atoms with Gasteiger partial charge in [-0.15, -0.1) is 0 Å². The summed E-state index contributed by atoms with van der Waals surface area (Å²) < 4.78 is 6.23. The van der Waals surface area contributed by atoms with Crippen molar-refractivity contribution in [3.63, 3.8) is 0 Å². The lowest BCUT2D eigenvalue weighted by molar-refractivity contribution is 0.0527. The molecular formula is C14H19N5O3. The monoisotopic (exact) mass is 305 g/mol. The first-order chi connectivity index (χ1) is 10.4. The Morgan fingerprint density at radius 3 is 2.73 bits per heavy atom. The van der Waals surface area contributed by atoms with Gasteiger partial charge >= 0.3 is 0 Å². The van der Waals surface area contributed by atoms with Gasteiger partial charge in [0, 0.05) is 32.7 Å². The van der Waals surface area contributed by atoms with Crippen molar-refractivity contribution in [3.8, 4) is 0 Å². The molecule has 1 atom stereocenters. The molecule has 8 nitrogen and oxygen atoms in total. The van der Waals surface area contributed by atoms with Gasteiger partial charge in [0.05, 0.1) is 5.39 Å². The standard InChI is InChI=1S/C14H19N5O3/c1-8-7-17(3)5-6-19(8)14(21)11-10-9(2)22-16-12(10)13(20)18(4)15-11/h8H,5-7H2,1-4H3/t8-/m1/s1. The smallest absolute Gasteiger partial charge is 0.296 e. The Morgan fingerprint density at radius 1 is 1.32 bits per heavy atom. The van der Waals surface area contributed by atoms with Crippen molar-refractivity contribution in [3.05, 3.63) is 21.8 Å². The summed E-state index contributed by atoms with van der Waals surface area (Å²) >= 11 is 0. The maximum absolute atomic E-state index is 12.9. The number of carbonyl (C=O) groups is 1. The van der Waals surface area contributed by atoms with Gasteiger partial charge in [0.25, 0.3) is 11.5 Å². The summed E-state index contributed by atoms with van der Waals surface area (Å²) in [7, 11) is 3.54. The van der Waals surface area contributed by atoms with E-state index in [0.717, 1.165) is 17.8 Å². The van der Waals surface area contributed by atoms with Crippen LogP contribution in [0.2, 0.25) is 0 Å². The molecule has 1 aliphatic rings. The SMILES string of the molecule is Cc1onc2c(=O)n(C)nc(C(=O)N3CCN(C)C[C@H]3C)c12. The molecule has 0 spiro atoms. The first kappa shape index (κ1) is 14.7. The number of nitrogens with zero attached hydrogens (tertiary/aromatic N) is 5. The van der Waals surface area contributed by atoms with Crippen molar-refractivity contribution in [2.45, 2.75) is 19.9 Å². The van der Waals surface area contributed by atoms with E-state index in [9.17, 15) is 9.59 Å². The predicted molar refractivity (Wildman–Crippen MR) is 79.8 cm³/mol. The third-order valence-electron chi connectivity index (χ3n) is 4.14. The highest BCUT2D eigenvalue weighted by molar-refractivity contribution is 6.04. The van der Waals surface area contributed by atoms with Crippen LogP contribution in [0.1, 0.15) is 23.2 Å². The summed E-state index contributed by atoms with van der Waals surface area (Å²) in [5.41, 5.74) is 0.0159. The number of hydrogen-bond donors (Lipinski definition) is 0. The predicted octanol–water partition coefficient (Wildman–Crippen LogP) is 0.00602. The van der Waals surface area contributed by atoms with Crippen LogP contribution < -0.4 is 5.56 Å². The zero-order valence-electron chi connectivity index (χ0n) is 13.2. The molecular weight excluding hydrogens is 286 g/mol. The molecule has 22 heavy (non-hydrogen) atoms. The molecule has 0 bridgehead atoms. The average Bonchev–Trinajstić information content (AvgIpc) is 2.84. The summed E-state index contributed by atoms with van der Waals surface area (Å²) in [4.78, 5) is 28.9. The molecule has 0 saturated carbocycles. The molecule has 8 heteroatoms. The molecule has 0 unspecified atom stereocenters. The van der Waals surface area contributed by atoms with Crippen LogP contribution in [0.4, 0.5) is 0 Å². The number of aryl methyl sites for hydroxylation is 2. The minimum atomic E-state index is -0.366. The van der Waals surface area contributed by atoms with Crippen LogP contribution in [-0.2, 0) is 7.05 Å². The van der Waals surface area contributed by atoms with Gasteiger partial charge in [0.1, 0.15) is 5.76 Å². The van der Waals surface area contributed by atoms with Gasteiger partial charge in [-0.3, -0.25) is 9.59 Å². The Balaban J connectivity index is 2.10. The number of amides is 1. The van der Waals surface area contributed by atoms with Crippen LogP contribution in [0, 0.1) is 6.92 Å². The lowest BCUT2D eigenvalue weighted by Gasteiger charge is -2.38. The molecule has 1 fully saturated rings. The summed E-state index contributed by atoms with van der Waals surface area (Å²) in [6, 6.07) is 0.0838. The molecule has 0 N–H and O–H groups in total. The molecule has 118 valence electrons. The number of carbonyl (C=O) groups excluding carboxylic acids is 1. The second-order valence-corrected chi connectivity index (χ2v) is 5.85. The van der Waals surface area contributed by atoms with Crippen LogP contribution >= 0.6 is 0 Å². The van der Waals surface area contributed by atoms with Gasteiger partial charge < -0.3 is 14.3 Å². The van der Waals surface area contributed by atoms with Crippen LogP contribution in [0.25, 0.3) is 10.9 Å². The van der Waals surface area contributed by atoms with Gasteiger partial charge in [0.2, 0.25) is 0 Å². The van der Waals surface area contributed by atoms with E-state index in [1.54, 1.807) is 11.8 Å². The first-order valence-corrected chi connectivity index (χ1v) is 7.23. The Morgan fingerprint density at radius 2 is 2.05 bits per heavy atom. The molecule has 0 radical (unpaired) electrons. The van der Waals surface area contributed by atoms with E-state index in [1.807, 2.05) is 14.0 Å². The van der Waals surface area contributed by atoms with Gasteiger partial charge in [-0.1, -0.05) is 5.16 Å². The van der Waals surface area contributed by atoms with E-state index < -0.39 is 0 Å². The van der Waals surface area contributed by atoms with Crippen molar-refractivity contribution in [2.24, 2.45) is 7.05 Å². The summed E-state index contributed by atoms with van der Waals surface area (Å²) in [6.07, 6.45) is 0. The number of aromatic nitrogens is 3. The molecule has 3 rings (SSSR count).